The maximum absolute atomic E-state index is 6.05. The van der Waals surface area contributed by atoms with E-state index in [0.717, 1.165) is 30.9 Å². The van der Waals surface area contributed by atoms with Crippen LogP contribution in [0.5, 0.6) is 5.88 Å². The highest BCUT2D eigenvalue weighted by atomic mass is 35.5. The Morgan fingerprint density at radius 3 is 2.92 bits per heavy atom. The van der Waals surface area contributed by atoms with Crippen LogP contribution in [0, 0.1) is 6.92 Å². The summed E-state index contributed by atoms with van der Waals surface area (Å²) in [5.41, 5.74) is 2.19. The Bertz CT molecular complexity index is 920. The molecular formula is C15H19ClN8O. The molecule has 9 nitrogen and oxygen atoms in total. The SMILES string of the molecule is COc1nn([C@H]2CCN(C)C2)cc1Nc1nc(Cl)nn2c(C)cnc12. The van der Waals surface area contributed by atoms with Crippen molar-refractivity contribution >= 4 is 28.8 Å². The fourth-order valence-electron chi connectivity index (χ4n) is 3.10. The molecule has 1 fully saturated rings. The molecule has 3 aromatic rings. The minimum Gasteiger partial charge on any atom is -0.478 e. The number of methoxy groups -OCH3 is 1. The number of aromatic nitrogens is 6. The molecule has 0 saturated carbocycles. The van der Waals surface area contributed by atoms with Crippen molar-refractivity contribution in [3.63, 3.8) is 0 Å². The molecule has 0 unspecified atom stereocenters. The van der Waals surface area contributed by atoms with E-state index in [9.17, 15) is 0 Å². The second-order valence-corrected chi connectivity index (χ2v) is 6.56. The number of ether oxygens (including phenoxy) is 1. The second-order valence-electron chi connectivity index (χ2n) is 6.23. The fourth-order valence-corrected chi connectivity index (χ4v) is 3.26. The lowest BCUT2D eigenvalue weighted by Gasteiger charge is -2.10. The van der Waals surface area contributed by atoms with Gasteiger partial charge >= 0.3 is 0 Å². The number of hydrogen-bond donors (Lipinski definition) is 1. The van der Waals surface area contributed by atoms with Crippen LogP contribution in [0.25, 0.3) is 5.65 Å². The van der Waals surface area contributed by atoms with Gasteiger partial charge in [-0.15, -0.1) is 10.2 Å². The summed E-state index contributed by atoms with van der Waals surface area (Å²) in [6.45, 7) is 3.93. The van der Waals surface area contributed by atoms with Crippen LogP contribution in [0.2, 0.25) is 5.28 Å². The lowest BCUT2D eigenvalue weighted by atomic mass is 10.3. The second kappa shape index (κ2) is 6.16. The van der Waals surface area contributed by atoms with Crippen LogP contribution in [0.1, 0.15) is 18.2 Å². The lowest BCUT2D eigenvalue weighted by Crippen LogP contribution is -2.16. The van der Waals surface area contributed by atoms with Crippen LogP contribution in [-0.4, -0.2) is 61.5 Å². The molecule has 0 spiro atoms. The van der Waals surface area contributed by atoms with Gasteiger partial charge in [0.15, 0.2) is 11.5 Å². The molecule has 10 heteroatoms. The zero-order chi connectivity index (χ0) is 17.6. The van der Waals surface area contributed by atoms with Crippen LogP contribution >= 0.6 is 11.6 Å². The van der Waals surface area contributed by atoms with E-state index in [1.165, 1.54) is 0 Å². The van der Waals surface area contributed by atoms with E-state index >= 15 is 0 Å². The Balaban J connectivity index is 1.70. The van der Waals surface area contributed by atoms with Crippen molar-refractivity contribution in [2.45, 2.75) is 19.4 Å². The number of halogens is 1. The summed E-state index contributed by atoms with van der Waals surface area (Å²) >= 11 is 6.05. The molecule has 0 radical (unpaired) electrons. The molecule has 0 aromatic carbocycles. The number of anilines is 2. The summed E-state index contributed by atoms with van der Waals surface area (Å²) < 4.78 is 9.02. The molecular weight excluding hydrogens is 344 g/mol. The van der Waals surface area contributed by atoms with Gasteiger partial charge in [0.25, 0.3) is 5.88 Å². The summed E-state index contributed by atoms with van der Waals surface area (Å²) in [4.78, 5) is 10.9. The van der Waals surface area contributed by atoms with E-state index in [1.807, 2.05) is 17.8 Å². The molecule has 1 atom stereocenters. The Morgan fingerprint density at radius 2 is 2.20 bits per heavy atom. The summed E-state index contributed by atoms with van der Waals surface area (Å²) in [6.07, 6.45) is 4.72. The molecule has 1 saturated heterocycles. The first-order valence-corrected chi connectivity index (χ1v) is 8.39. The quantitative estimate of drug-likeness (QED) is 0.758. The standard InChI is InChI=1S/C15H19ClN8O/c1-9-6-17-13-12(19-15(16)21-24(9)13)18-11-8-23(20-14(11)25-3)10-4-5-22(2)7-10/h6,8,10H,4-5,7H2,1-3H3,(H,18,19,21)/t10-/m0/s1. The molecule has 1 aliphatic rings. The first-order chi connectivity index (χ1) is 12.0. The number of rotatable bonds is 4. The van der Waals surface area contributed by atoms with Crippen LogP contribution < -0.4 is 10.1 Å². The predicted molar refractivity (Wildman–Crippen MR) is 93.7 cm³/mol. The summed E-state index contributed by atoms with van der Waals surface area (Å²) in [5.74, 6) is 1.01. The van der Waals surface area contributed by atoms with Gasteiger partial charge in [0.1, 0.15) is 5.69 Å². The van der Waals surface area contributed by atoms with E-state index in [2.05, 4.69) is 37.4 Å². The highest BCUT2D eigenvalue weighted by molar-refractivity contribution is 6.28. The van der Waals surface area contributed by atoms with Crippen molar-refractivity contribution in [1.82, 2.24) is 34.3 Å². The van der Waals surface area contributed by atoms with Gasteiger partial charge in [-0.05, 0) is 38.5 Å². The van der Waals surface area contributed by atoms with E-state index in [0.29, 0.717) is 23.4 Å². The van der Waals surface area contributed by atoms with Crippen molar-refractivity contribution in [1.29, 1.82) is 0 Å². The lowest BCUT2D eigenvalue weighted by molar-refractivity contribution is 0.362. The first kappa shape index (κ1) is 16.1. The van der Waals surface area contributed by atoms with E-state index < -0.39 is 0 Å². The maximum atomic E-state index is 6.05. The average molecular weight is 363 g/mol. The van der Waals surface area contributed by atoms with Crippen molar-refractivity contribution in [3.8, 4) is 5.88 Å². The zero-order valence-electron chi connectivity index (χ0n) is 14.3. The molecule has 0 amide bonds. The molecule has 4 rings (SSSR count). The molecule has 1 aliphatic heterocycles. The van der Waals surface area contributed by atoms with Gasteiger partial charge in [-0.1, -0.05) is 0 Å². The van der Waals surface area contributed by atoms with Crippen molar-refractivity contribution < 1.29 is 4.74 Å². The molecule has 3 aromatic heterocycles. The summed E-state index contributed by atoms with van der Waals surface area (Å²) in [7, 11) is 3.71. The van der Waals surface area contributed by atoms with Crippen LogP contribution in [0.4, 0.5) is 11.5 Å². The number of likely N-dealkylation sites (N-methyl/N-ethyl adjacent to an activating group) is 1. The number of hydrogen-bond acceptors (Lipinski definition) is 7. The number of aryl methyl sites for hydroxylation is 1. The molecule has 0 bridgehead atoms. The largest absolute Gasteiger partial charge is 0.478 e. The van der Waals surface area contributed by atoms with Crippen LogP contribution in [0.3, 0.4) is 0 Å². The zero-order valence-corrected chi connectivity index (χ0v) is 15.0. The minimum absolute atomic E-state index is 0.139. The van der Waals surface area contributed by atoms with Crippen molar-refractivity contribution in [2.75, 3.05) is 32.6 Å². The normalized spacial score (nSPS) is 18.2. The number of imidazole rings is 1. The van der Waals surface area contributed by atoms with Gasteiger partial charge in [0.2, 0.25) is 5.28 Å². The number of likely N-dealkylation sites (tertiary alicyclic amines) is 1. The van der Waals surface area contributed by atoms with Crippen molar-refractivity contribution in [2.24, 2.45) is 0 Å². The van der Waals surface area contributed by atoms with Gasteiger partial charge in [-0.2, -0.15) is 4.98 Å². The Hall–Kier alpha value is -2.39. The van der Waals surface area contributed by atoms with Gasteiger partial charge in [-0.3, -0.25) is 4.68 Å². The molecule has 132 valence electrons. The fraction of sp³-hybridized carbons (Fsp3) is 0.467. The molecule has 1 N–H and O–H groups in total. The van der Waals surface area contributed by atoms with Crippen LogP contribution in [0.15, 0.2) is 12.4 Å². The highest BCUT2D eigenvalue weighted by Gasteiger charge is 2.24. The number of nitrogens with zero attached hydrogens (tertiary/aromatic N) is 7. The minimum atomic E-state index is 0.139. The van der Waals surface area contributed by atoms with E-state index in [4.69, 9.17) is 16.3 Å². The van der Waals surface area contributed by atoms with Gasteiger partial charge in [0.05, 0.1) is 31.2 Å². The highest BCUT2D eigenvalue weighted by Crippen LogP contribution is 2.30. The molecule has 25 heavy (non-hydrogen) atoms. The third kappa shape index (κ3) is 2.89. The Kier molecular flexibility index (Phi) is 3.97. The van der Waals surface area contributed by atoms with Crippen molar-refractivity contribution in [3.05, 3.63) is 23.4 Å². The Labute approximate surface area is 149 Å². The maximum Gasteiger partial charge on any atom is 0.256 e. The monoisotopic (exact) mass is 362 g/mol. The average Bonchev–Trinajstić information content (AvgIpc) is 3.27. The summed E-state index contributed by atoms with van der Waals surface area (Å²) in [5, 5.41) is 12.1. The van der Waals surface area contributed by atoms with E-state index in [1.54, 1.807) is 17.8 Å². The predicted octanol–water partition coefficient (Wildman–Crippen LogP) is 1.91. The number of nitrogens with one attached hydrogen (secondary N) is 1. The molecule has 4 heterocycles. The van der Waals surface area contributed by atoms with Gasteiger partial charge in [0, 0.05) is 6.54 Å². The first-order valence-electron chi connectivity index (χ1n) is 8.01. The third-order valence-electron chi connectivity index (χ3n) is 4.39. The number of fused-ring (bicyclic) bond motifs is 1. The van der Waals surface area contributed by atoms with Crippen LogP contribution in [-0.2, 0) is 0 Å². The topological polar surface area (TPSA) is 85.4 Å². The summed E-state index contributed by atoms with van der Waals surface area (Å²) in [6, 6.07) is 0.331. The smallest absolute Gasteiger partial charge is 0.256 e. The molecule has 0 aliphatic carbocycles. The van der Waals surface area contributed by atoms with Gasteiger partial charge in [-0.25, -0.2) is 9.50 Å². The van der Waals surface area contributed by atoms with E-state index in [-0.39, 0.29) is 5.28 Å². The van der Waals surface area contributed by atoms with Gasteiger partial charge < -0.3 is 15.0 Å². The Morgan fingerprint density at radius 1 is 1.36 bits per heavy atom. The third-order valence-corrected chi connectivity index (χ3v) is 4.55.